The van der Waals surface area contributed by atoms with Crippen molar-refractivity contribution < 1.29 is 14.7 Å². The lowest BCUT2D eigenvalue weighted by molar-refractivity contribution is -0.141. The number of carbonyl (C=O) groups excluding carboxylic acids is 1. The van der Waals surface area contributed by atoms with E-state index in [2.05, 4.69) is 20.7 Å². The van der Waals surface area contributed by atoms with Gasteiger partial charge in [-0.3, -0.25) is 9.59 Å². The lowest BCUT2D eigenvalue weighted by atomic mass is 10.1. The van der Waals surface area contributed by atoms with Gasteiger partial charge in [0.25, 0.3) is 0 Å². The number of benzene rings is 1. The van der Waals surface area contributed by atoms with Crippen LogP contribution >= 0.6 is 0 Å². The molecule has 1 amide bonds. The second kappa shape index (κ2) is 6.79. The standard InChI is InChI=1S/C14H17N5O3/c1-9-3-5-11(6-4-9)13-16-18-19(17-13)8-12(20)15-7-10(2)14(21)22/h3-6,10H,7-8H2,1-2H3,(H,15,20)(H,21,22). The van der Waals surface area contributed by atoms with Crippen LogP contribution in [0.2, 0.25) is 0 Å². The lowest BCUT2D eigenvalue weighted by Crippen LogP contribution is -2.34. The molecule has 8 heteroatoms. The van der Waals surface area contributed by atoms with E-state index < -0.39 is 11.9 Å². The summed E-state index contributed by atoms with van der Waals surface area (Å²) in [5.41, 5.74) is 1.94. The van der Waals surface area contributed by atoms with Crippen LogP contribution in [0.15, 0.2) is 24.3 Å². The number of hydrogen-bond donors (Lipinski definition) is 2. The van der Waals surface area contributed by atoms with Crippen molar-refractivity contribution in [2.45, 2.75) is 20.4 Å². The van der Waals surface area contributed by atoms with Crippen molar-refractivity contribution in [2.75, 3.05) is 6.54 Å². The van der Waals surface area contributed by atoms with Gasteiger partial charge in [-0.15, -0.1) is 10.2 Å². The highest BCUT2D eigenvalue weighted by Crippen LogP contribution is 2.13. The average Bonchev–Trinajstić information content (AvgIpc) is 2.93. The van der Waals surface area contributed by atoms with Crippen molar-refractivity contribution in [2.24, 2.45) is 5.92 Å². The Bertz CT molecular complexity index is 665. The smallest absolute Gasteiger partial charge is 0.308 e. The lowest BCUT2D eigenvalue weighted by Gasteiger charge is -2.07. The Morgan fingerprint density at radius 3 is 2.64 bits per heavy atom. The first-order valence-electron chi connectivity index (χ1n) is 6.80. The molecule has 1 heterocycles. The average molecular weight is 303 g/mol. The number of carboxylic acids is 1. The number of aliphatic carboxylic acids is 1. The minimum Gasteiger partial charge on any atom is -0.481 e. The first-order valence-corrected chi connectivity index (χ1v) is 6.80. The molecule has 0 aliphatic rings. The van der Waals surface area contributed by atoms with Crippen LogP contribution in [-0.2, 0) is 16.1 Å². The van der Waals surface area contributed by atoms with Crippen molar-refractivity contribution in [1.82, 2.24) is 25.5 Å². The van der Waals surface area contributed by atoms with Gasteiger partial charge in [-0.1, -0.05) is 36.8 Å². The predicted molar refractivity (Wildman–Crippen MR) is 77.8 cm³/mol. The molecule has 1 aromatic heterocycles. The summed E-state index contributed by atoms with van der Waals surface area (Å²) in [6, 6.07) is 7.64. The Hall–Kier alpha value is -2.77. The van der Waals surface area contributed by atoms with Crippen molar-refractivity contribution in [3.63, 3.8) is 0 Å². The minimum atomic E-state index is -0.958. The summed E-state index contributed by atoms with van der Waals surface area (Å²) < 4.78 is 0. The fourth-order valence-corrected chi connectivity index (χ4v) is 1.67. The van der Waals surface area contributed by atoms with E-state index in [4.69, 9.17) is 5.11 Å². The third kappa shape index (κ3) is 4.11. The number of nitrogens with one attached hydrogen (secondary N) is 1. The minimum absolute atomic E-state index is 0.0632. The van der Waals surface area contributed by atoms with Gasteiger partial charge < -0.3 is 10.4 Å². The molecule has 1 atom stereocenters. The maximum Gasteiger partial charge on any atom is 0.308 e. The molecule has 2 aromatic rings. The van der Waals surface area contributed by atoms with Crippen molar-refractivity contribution in [3.05, 3.63) is 29.8 Å². The number of carbonyl (C=O) groups is 2. The number of aryl methyl sites for hydroxylation is 1. The van der Waals surface area contributed by atoms with Gasteiger partial charge >= 0.3 is 5.97 Å². The molecule has 0 bridgehead atoms. The summed E-state index contributed by atoms with van der Waals surface area (Å²) >= 11 is 0. The third-order valence-corrected chi connectivity index (χ3v) is 3.07. The Morgan fingerprint density at radius 1 is 1.32 bits per heavy atom. The molecule has 2 N–H and O–H groups in total. The van der Waals surface area contributed by atoms with Crippen LogP contribution in [0, 0.1) is 12.8 Å². The van der Waals surface area contributed by atoms with E-state index in [1.54, 1.807) is 0 Å². The zero-order chi connectivity index (χ0) is 16.1. The topological polar surface area (TPSA) is 110 Å². The van der Waals surface area contributed by atoms with Gasteiger partial charge in [0.1, 0.15) is 6.54 Å². The van der Waals surface area contributed by atoms with Crippen LogP contribution < -0.4 is 5.32 Å². The molecular weight excluding hydrogens is 286 g/mol. The Morgan fingerprint density at radius 2 is 2.00 bits per heavy atom. The molecule has 0 saturated heterocycles. The number of carboxylic acid groups (broad SMARTS) is 1. The van der Waals surface area contributed by atoms with Gasteiger partial charge in [0, 0.05) is 12.1 Å². The van der Waals surface area contributed by atoms with E-state index in [-0.39, 0.29) is 19.0 Å². The molecule has 1 unspecified atom stereocenters. The number of rotatable bonds is 6. The second-order valence-electron chi connectivity index (χ2n) is 5.05. The van der Waals surface area contributed by atoms with E-state index in [9.17, 15) is 9.59 Å². The quantitative estimate of drug-likeness (QED) is 0.803. The van der Waals surface area contributed by atoms with Crippen molar-refractivity contribution >= 4 is 11.9 Å². The van der Waals surface area contributed by atoms with E-state index in [1.807, 2.05) is 31.2 Å². The molecule has 0 spiro atoms. The Kier molecular flexibility index (Phi) is 4.82. The highest BCUT2D eigenvalue weighted by Gasteiger charge is 2.13. The molecule has 0 aliphatic heterocycles. The highest BCUT2D eigenvalue weighted by atomic mass is 16.4. The molecule has 1 aromatic carbocycles. The molecule has 116 valence electrons. The van der Waals surface area contributed by atoms with Crippen LogP contribution in [0.4, 0.5) is 0 Å². The van der Waals surface area contributed by atoms with Crippen LogP contribution in [0.5, 0.6) is 0 Å². The fraction of sp³-hybridized carbons (Fsp3) is 0.357. The zero-order valence-electron chi connectivity index (χ0n) is 12.4. The van der Waals surface area contributed by atoms with Crippen molar-refractivity contribution in [3.8, 4) is 11.4 Å². The molecule has 0 saturated carbocycles. The Labute approximate surface area is 127 Å². The van der Waals surface area contributed by atoms with Crippen LogP contribution in [0.3, 0.4) is 0 Å². The van der Waals surface area contributed by atoms with Gasteiger partial charge in [0.2, 0.25) is 11.7 Å². The zero-order valence-corrected chi connectivity index (χ0v) is 12.4. The van der Waals surface area contributed by atoms with Gasteiger partial charge in [-0.25, -0.2) is 0 Å². The first-order chi connectivity index (χ1) is 10.5. The molecule has 8 nitrogen and oxygen atoms in total. The highest BCUT2D eigenvalue weighted by molar-refractivity contribution is 5.77. The SMILES string of the molecule is Cc1ccc(-c2nnn(CC(=O)NCC(C)C(=O)O)n2)cc1. The molecule has 0 aliphatic carbocycles. The first kappa shape index (κ1) is 15.6. The van der Waals surface area contributed by atoms with Gasteiger partial charge in [0.05, 0.1) is 5.92 Å². The monoisotopic (exact) mass is 303 g/mol. The number of hydrogen-bond acceptors (Lipinski definition) is 5. The molecule has 0 radical (unpaired) electrons. The maximum absolute atomic E-state index is 11.7. The molecule has 22 heavy (non-hydrogen) atoms. The van der Waals surface area contributed by atoms with Crippen LogP contribution in [-0.4, -0.2) is 43.7 Å². The predicted octanol–water partition coefficient (Wildman–Crippen LogP) is 0.485. The van der Waals surface area contributed by atoms with E-state index >= 15 is 0 Å². The summed E-state index contributed by atoms with van der Waals surface area (Å²) in [6.45, 7) is 3.46. The number of nitrogens with zero attached hydrogens (tertiary/aromatic N) is 4. The van der Waals surface area contributed by atoms with E-state index in [0.717, 1.165) is 11.1 Å². The fourth-order valence-electron chi connectivity index (χ4n) is 1.67. The van der Waals surface area contributed by atoms with Crippen LogP contribution in [0.1, 0.15) is 12.5 Å². The maximum atomic E-state index is 11.7. The summed E-state index contributed by atoms with van der Waals surface area (Å²) in [5.74, 6) is -1.52. The summed E-state index contributed by atoms with van der Waals surface area (Å²) in [7, 11) is 0. The third-order valence-electron chi connectivity index (χ3n) is 3.07. The van der Waals surface area contributed by atoms with E-state index in [1.165, 1.54) is 11.7 Å². The normalized spacial score (nSPS) is 11.9. The number of tetrazole rings is 1. The second-order valence-corrected chi connectivity index (χ2v) is 5.05. The van der Waals surface area contributed by atoms with E-state index in [0.29, 0.717) is 5.82 Å². The van der Waals surface area contributed by atoms with Gasteiger partial charge in [0.15, 0.2) is 0 Å². The number of aromatic nitrogens is 4. The molecular formula is C14H17N5O3. The van der Waals surface area contributed by atoms with Crippen LogP contribution in [0.25, 0.3) is 11.4 Å². The molecule has 2 rings (SSSR count). The van der Waals surface area contributed by atoms with Gasteiger partial charge in [-0.05, 0) is 12.1 Å². The summed E-state index contributed by atoms with van der Waals surface area (Å²) in [4.78, 5) is 23.5. The Balaban J connectivity index is 1.93. The number of amides is 1. The van der Waals surface area contributed by atoms with Crippen molar-refractivity contribution in [1.29, 1.82) is 0 Å². The van der Waals surface area contributed by atoms with Gasteiger partial charge in [-0.2, -0.15) is 4.80 Å². The summed E-state index contributed by atoms with van der Waals surface area (Å²) in [5, 5.41) is 23.1. The largest absolute Gasteiger partial charge is 0.481 e. The molecule has 0 fully saturated rings. The summed E-state index contributed by atoms with van der Waals surface area (Å²) in [6.07, 6.45) is 0.